The number of sulfone groups is 2. The number of nitrogens with one attached hydrogen (secondary N) is 3. The Morgan fingerprint density at radius 2 is 0.733 bits per heavy atom. The smallest absolute Gasteiger partial charge is 0.331 e. The van der Waals surface area contributed by atoms with Crippen molar-refractivity contribution >= 4 is 149 Å². The van der Waals surface area contributed by atoms with Crippen LogP contribution < -0.4 is 41.8 Å². The number of nitrogens with two attached hydrogens (primary N) is 1. The highest BCUT2D eigenvalue weighted by Gasteiger charge is 2.54. The second-order valence-corrected chi connectivity index (χ2v) is 55.2. The number of carboxylic acid groups (broad SMARTS) is 1. The lowest BCUT2D eigenvalue weighted by Gasteiger charge is -2.44. The van der Waals surface area contributed by atoms with Gasteiger partial charge in [-0.05, 0) is 109 Å². The van der Waals surface area contributed by atoms with E-state index in [0.717, 1.165) is 20.7 Å². The van der Waals surface area contributed by atoms with Crippen molar-refractivity contribution in [2.45, 2.75) is 174 Å². The van der Waals surface area contributed by atoms with Crippen molar-refractivity contribution in [2.75, 3.05) is 119 Å². The SMILES string of the molecule is CCN[C@H]1CN(CCCOC)S(=O)(=O)c2sc(S(=O)(=O)CC(=O)[C@H](C)OC)cc21.CCN[C@H]1CN(CCCOC)S(=O)(=O)c2sc(S(=O)(=O)CC(=O)[C@H](C)O[Si](c3ccccc3)(c3ccccc3)C(C)(C)C)cc21.CCN[C@H]1CN(CCCOC)S(=O)(=O)c2sc(S(N)(=O)=O)cc21.C[C@H](O[Si](c1ccccc1)(c1ccccc1)C(C)(C)C)C(=O)O. The Morgan fingerprint density at radius 3 is 0.983 bits per heavy atom. The number of likely N-dealkylation sites (N-methyl/N-ethyl adjacent to an activating group) is 3. The molecule has 120 heavy (non-hydrogen) atoms. The first-order valence-corrected chi connectivity index (χ1v) is 54.7. The minimum atomic E-state index is -4.17. The van der Waals surface area contributed by atoms with Gasteiger partial charge in [0, 0.05) is 122 Å². The number of thiophene rings is 3. The highest BCUT2D eigenvalue weighted by Crippen LogP contribution is 2.45. The summed E-state index contributed by atoms with van der Waals surface area (Å²) in [6, 6.07) is 43.0. The molecule has 10 rings (SSSR count). The van der Waals surface area contributed by atoms with E-state index in [9.17, 15) is 70.0 Å². The summed E-state index contributed by atoms with van der Waals surface area (Å²) in [5.41, 5.74) is 1.34. The molecule has 0 amide bonds. The van der Waals surface area contributed by atoms with Gasteiger partial charge in [0.1, 0.15) is 55.1 Å². The lowest BCUT2D eigenvalue weighted by molar-refractivity contribution is -0.144. The number of rotatable bonds is 37. The van der Waals surface area contributed by atoms with Crippen LogP contribution in [0.5, 0.6) is 0 Å². The molecule has 29 nitrogen and oxygen atoms in total. The monoisotopic (exact) mass is 1870 g/mol. The molecule has 3 aliphatic rings. The fraction of sp³-hybridized carbons (Fsp3) is 0.512. The molecule has 6 heterocycles. The third kappa shape index (κ3) is 24.1. The van der Waals surface area contributed by atoms with Crippen molar-refractivity contribution < 1.29 is 97.8 Å². The largest absolute Gasteiger partial charge is 0.479 e. The third-order valence-electron chi connectivity index (χ3n) is 20.4. The molecule has 0 aliphatic carbocycles. The first-order valence-electron chi connectivity index (χ1n) is 39.2. The summed E-state index contributed by atoms with van der Waals surface area (Å²) < 4.78 is 192. The molecule has 40 heteroatoms. The van der Waals surface area contributed by atoms with E-state index in [1.807, 2.05) is 118 Å². The summed E-state index contributed by atoms with van der Waals surface area (Å²) in [6.45, 7) is 27.7. The van der Waals surface area contributed by atoms with Crippen molar-refractivity contribution in [3.8, 4) is 0 Å². The van der Waals surface area contributed by atoms with Crippen molar-refractivity contribution in [1.82, 2.24) is 28.9 Å². The second-order valence-electron chi connectivity index (χ2n) is 30.9. The zero-order chi connectivity index (χ0) is 89.2. The zero-order valence-electron chi connectivity index (χ0n) is 70.9. The van der Waals surface area contributed by atoms with Crippen LogP contribution in [-0.4, -0.2) is 240 Å². The topological polar surface area (TPSA) is 403 Å². The van der Waals surface area contributed by atoms with Crippen LogP contribution in [0.15, 0.2) is 165 Å². The Labute approximate surface area is 723 Å². The Bertz CT molecular complexity index is 5190. The summed E-state index contributed by atoms with van der Waals surface area (Å²) in [6.07, 6.45) is -1.13. The Balaban J connectivity index is 0.000000231. The number of benzene rings is 4. The molecule has 0 spiro atoms. The maximum atomic E-state index is 13.7. The number of carboxylic acids is 1. The molecule has 3 aliphatic heterocycles. The number of Topliss-reactive ketones (excluding diaryl/α,β-unsaturated/α-hetero) is 2. The number of carbonyl (C=O) groups is 3. The van der Waals surface area contributed by atoms with Gasteiger partial charge in [-0.2, -0.15) is 12.9 Å². The summed E-state index contributed by atoms with van der Waals surface area (Å²) in [5, 5.41) is 27.8. The average molecular weight is 1870 g/mol. The molecule has 6 atom stereocenters. The fourth-order valence-corrected chi connectivity index (χ4v) is 38.6. The number of hydrogen-bond donors (Lipinski definition) is 5. The van der Waals surface area contributed by atoms with Gasteiger partial charge in [0.15, 0.2) is 31.2 Å². The maximum Gasteiger partial charge on any atom is 0.331 e. The molecule has 4 aromatic carbocycles. The molecular weight excluding hydrogens is 1760 g/mol. The number of methoxy groups -OCH3 is 4. The highest BCUT2D eigenvalue weighted by molar-refractivity contribution is 7.96. The van der Waals surface area contributed by atoms with Gasteiger partial charge in [0.05, 0.1) is 0 Å². The number of hydrogen-bond acceptors (Lipinski definition) is 27. The van der Waals surface area contributed by atoms with Gasteiger partial charge in [-0.15, -0.1) is 34.0 Å². The van der Waals surface area contributed by atoms with Crippen molar-refractivity contribution in [3.63, 3.8) is 0 Å². The van der Waals surface area contributed by atoms with Crippen molar-refractivity contribution in [3.05, 3.63) is 156 Å². The van der Waals surface area contributed by atoms with Gasteiger partial charge < -0.3 is 48.9 Å². The van der Waals surface area contributed by atoms with E-state index in [0.29, 0.717) is 116 Å². The van der Waals surface area contributed by atoms with Crippen LogP contribution in [0.4, 0.5) is 0 Å². The third-order valence-corrected chi connectivity index (χ3v) is 47.1. The predicted octanol–water partition coefficient (Wildman–Crippen LogP) is 7.69. The second kappa shape index (κ2) is 43.5. The maximum absolute atomic E-state index is 13.7. The minimum Gasteiger partial charge on any atom is -0.479 e. The van der Waals surface area contributed by atoms with E-state index in [-0.39, 0.29) is 81.1 Å². The van der Waals surface area contributed by atoms with Crippen LogP contribution in [0.25, 0.3) is 0 Å². The number of sulfonamides is 4. The summed E-state index contributed by atoms with van der Waals surface area (Å²) >= 11 is 2.12. The van der Waals surface area contributed by atoms with Gasteiger partial charge >= 0.3 is 5.97 Å². The lowest BCUT2D eigenvalue weighted by Crippen LogP contribution is -2.68. The van der Waals surface area contributed by atoms with E-state index >= 15 is 0 Å². The molecule has 0 bridgehead atoms. The van der Waals surface area contributed by atoms with E-state index in [2.05, 4.69) is 81.8 Å². The van der Waals surface area contributed by atoms with Gasteiger partial charge in [-0.3, -0.25) is 9.59 Å². The van der Waals surface area contributed by atoms with Crippen molar-refractivity contribution in [2.24, 2.45) is 5.14 Å². The van der Waals surface area contributed by atoms with E-state index < -0.39 is 129 Å². The summed E-state index contributed by atoms with van der Waals surface area (Å²) in [4.78, 5) is 37.2. The van der Waals surface area contributed by atoms with Crippen LogP contribution >= 0.6 is 34.0 Å². The van der Waals surface area contributed by atoms with E-state index in [4.69, 9.17) is 32.9 Å². The number of nitrogens with zero attached hydrogens (tertiary/aromatic N) is 3. The number of fused-ring (bicyclic) bond motifs is 3. The first-order chi connectivity index (χ1) is 56.3. The fourth-order valence-electron chi connectivity index (χ4n) is 14.4. The Hall–Kier alpha value is -5.60. The molecule has 3 aromatic heterocycles. The average Bonchev–Trinajstić information content (AvgIpc) is 0.831. The number of ketones is 2. The van der Waals surface area contributed by atoms with Crippen LogP contribution in [0.1, 0.15) is 137 Å². The quantitative estimate of drug-likeness (QED) is 0.0184. The van der Waals surface area contributed by atoms with E-state index in [1.54, 1.807) is 35.2 Å². The molecule has 0 fully saturated rings. The standard InChI is InChI=1S/C32H44N2O7S3Si.C19H24O3Si.C17H28N2O7S3.C12H21N3O5S3/c1-7-33-28-22-34(19-14-20-40-6)44(38,39)31-27(28)21-30(42-31)43(36,37)23-29(35)24(2)41-45(32(3,4)5,25-15-10-8-11-16-25)26-17-12-9-13-18-26;1-15(18(20)21)22-23(19(2,3)4,16-11-7-5-8-12-16)17-13-9-6-10-14-17;1-5-18-14-10-19(7-6-8-25-3)29(23,24)17-13(14)9-16(27-17)28(21,22)11-15(20)12(2)26-4;1-3-14-10-8-15(5-4-6-20-2)23(18,19)12-9(10)7-11(21-12)22(13,16)17/h8-13,15-18,21,24,28,33H,7,14,19-20,22-23H2,1-6H3;5-15H,1-4H3,(H,20,21);9,12,14,18H,5-8,10-11H2,1-4H3;7,10,14H,3-6,8H2,1-2H3,(H2,13,16,17)/t24-,28-;15-;12-,14-;10-/m0000/s1. The van der Waals surface area contributed by atoms with Gasteiger partial charge in [-0.25, -0.2) is 60.4 Å². The minimum absolute atomic E-state index is 0.000230. The highest BCUT2D eigenvalue weighted by atomic mass is 32.3. The first kappa shape index (κ1) is 101. The van der Waals surface area contributed by atoms with Gasteiger partial charge in [-0.1, -0.05) is 184 Å². The van der Waals surface area contributed by atoms with Gasteiger partial charge in [0.2, 0.25) is 10.0 Å². The molecule has 0 unspecified atom stereocenters. The normalized spacial score (nSPS) is 18.3. The molecule has 0 saturated heterocycles. The molecular formula is C80H117N7O22S9Si2. The molecule has 666 valence electrons. The number of ether oxygens (including phenoxy) is 4. The van der Waals surface area contributed by atoms with Crippen LogP contribution in [0.3, 0.4) is 0 Å². The zero-order valence-corrected chi connectivity index (χ0v) is 80.2. The number of carbonyl (C=O) groups excluding carboxylic acids is 2. The molecule has 6 N–H and O–H groups in total. The summed E-state index contributed by atoms with van der Waals surface area (Å²) in [7, 11) is -23.4. The van der Waals surface area contributed by atoms with Crippen molar-refractivity contribution in [1.29, 1.82) is 0 Å². The van der Waals surface area contributed by atoms with Crippen LogP contribution in [0.2, 0.25) is 10.1 Å². The Morgan fingerprint density at radius 1 is 0.467 bits per heavy atom. The molecule has 0 saturated carbocycles. The lowest BCUT2D eigenvalue weighted by atomic mass is 10.1. The van der Waals surface area contributed by atoms with Gasteiger partial charge in [0.25, 0.3) is 46.7 Å². The van der Waals surface area contributed by atoms with Crippen LogP contribution in [0, 0.1) is 0 Å². The van der Waals surface area contributed by atoms with Crippen LogP contribution in [-0.2, 0) is 102 Å². The molecule has 7 aromatic rings. The number of aliphatic carboxylic acids is 1. The van der Waals surface area contributed by atoms with E-state index in [1.165, 1.54) is 45.1 Å². The Kier molecular flexibility index (Phi) is 36.8. The predicted molar refractivity (Wildman–Crippen MR) is 474 cm³/mol. The number of primary sulfonamides is 1. The molecule has 0 radical (unpaired) electrons. The summed E-state index contributed by atoms with van der Waals surface area (Å²) in [5.74, 6) is -3.62.